The number of anilines is 1. The number of carbonyl (C=O) groups excluding carboxylic acids is 4. The second kappa shape index (κ2) is 46.1. The number of aryl methyl sites for hydroxylation is 8. The third kappa shape index (κ3) is 30.4. The van der Waals surface area contributed by atoms with Gasteiger partial charge in [-0.2, -0.15) is 0 Å². The summed E-state index contributed by atoms with van der Waals surface area (Å²) in [7, 11) is 0. The highest BCUT2D eigenvalue weighted by atomic mass is 127. The monoisotopic (exact) mass is 1680 g/mol. The molecule has 13 heteroatoms. The van der Waals surface area contributed by atoms with E-state index in [2.05, 4.69) is 250 Å². The van der Waals surface area contributed by atoms with Gasteiger partial charge in [-0.3, -0.25) is 24.1 Å². The van der Waals surface area contributed by atoms with E-state index < -0.39 is 0 Å². The summed E-state index contributed by atoms with van der Waals surface area (Å²) >= 11 is 11.1. The molecule has 10 rings (SSSR count). The molecule has 0 saturated carbocycles. The average Bonchev–Trinajstić information content (AvgIpc) is 1.87. The molecule has 3 heterocycles. The molecular weight excluding hydrogens is 1570 g/mol. The molecule has 0 aliphatic carbocycles. The van der Waals surface area contributed by atoms with Crippen molar-refractivity contribution < 1.29 is 47.6 Å². The molecule has 0 aromatic heterocycles. The highest BCUT2D eigenvalue weighted by Crippen LogP contribution is 2.32. The Labute approximate surface area is 616 Å². The van der Waals surface area contributed by atoms with Crippen LogP contribution in [0.25, 0.3) is 0 Å². The van der Waals surface area contributed by atoms with Crippen LogP contribution in [0.15, 0.2) is 164 Å². The van der Waals surface area contributed by atoms with Gasteiger partial charge in [0.2, 0.25) is 4.69 Å². The number of para-hydroxylation sites is 1. The van der Waals surface area contributed by atoms with Crippen LogP contribution in [0.2, 0.25) is 0 Å². The van der Waals surface area contributed by atoms with E-state index in [1.54, 1.807) is 0 Å². The highest BCUT2D eigenvalue weighted by Gasteiger charge is 2.36. The number of nitrogens with zero attached hydrogens (tertiary/aromatic N) is 2. The first kappa shape index (κ1) is 83.0. The lowest BCUT2D eigenvalue weighted by atomic mass is 9.88. The second-order valence-corrected chi connectivity index (χ2v) is 28.4. The number of nitrogens with two attached hydrogens (primary N) is 1. The molecule has 7 aromatic rings. The first-order chi connectivity index (χ1) is 44.2. The summed E-state index contributed by atoms with van der Waals surface area (Å²) in [6.45, 7) is 29.8. The van der Waals surface area contributed by atoms with Crippen molar-refractivity contribution in [2.45, 2.75) is 145 Å². The molecule has 4 atom stereocenters. The number of benzene rings is 7. The van der Waals surface area contributed by atoms with Crippen molar-refractivity contribution in [1.82, 2.24) is 10.2 Å². The van der Waals surface area contributed by atoms with E-state index >= 15 is 0 Å². The van der Waals surface area contributed by atoms with Crippen LogP contribution in [0, 0.1) is 55.4 Å². The van der Waals surface area contributed by atoms with Gasteiger partial charge in [-0.05, 0) is 224 Å². The largest absolute Gasteiger partial charge is 1.00 e. The van der Waals surface area contributed by atoms with Crippen molar-refractivity contribution >= 4 is 98.1 Å². The maximum atomic E-state index is 13.0. The summed E-state index contributed by atoms with van der Waals surface area (Å²) < 4.78 is 2.15. The Hall–Kier alpha value is -4.20. The fraction of sp³-hybridized carbons (Fsp3) is 0.425. The summed E-state index contributed by atoms with van der Waals surface area (Å²) in [4.78, 5) is 48.8. The Bertz CT molecular complexity index is 3230. The van der Waals surface area contributed by atoms with Gasteiger partial charge in [-0.25, -0.2) is 0 Å². The minimum atomic E-state index is -0.0162. The van der Waals surface area contributed by atoms with Gasteiger partial charge in [0.05, 0.1) is 36.8 Å². The second-order valence-electron chi connectivity index (χ2n) is 24.9. The van der Waals surface area contributed by atoms with Crippen molar-refractivity contribution in [1.29, 1.82) is 0 Å². The molecule has 3 N–H and O–H groups in total. The van der Waals surface area contributed by atoms with E-state index in [4.69, 9.17) is 5.73 Å². The van der Waals surface area contributed by atoms with Crippen LogP contribution in [0.3, 0.4) is 0 Å². The number of carbonyl (C=O) groups is 4. The standard InChI is InChI=1S/C24H32NO.C22H27NO.C11H13BrO.C11H15N.C8H11N.C2H2Br2O.C2H5I.HI/c1-4-25(15-9-14-22(17-25)21-12-6-5-7-13-21)18-23(26)16-24-19(2)10-8-11-20(24)3;1-17-8-6-9-18(2)22(17)14-21(24)16-23-13-7-12-20(15-23)19-10-4-3-5-11-19;1-8-4-3-5-9(2)11(8)6-10(13)7-12;1-2-5-10(6-3-1)11-7-4-8-12-9-11;1-6-4-3-5-7(2)8(6)9;3-1-2(4)5;1-2-3;/h5-8,10-13,22H,4,9,14-18H2,1-3H3;3-6,8-11,20H,7,12-16H2,1-2H3;3-5H,6-7H2,1-2H3;1-3,5-6,11-12H,4,7-9H2;3-5H,9H2,1-2H3;1H2;2H2,1H3;1H/q+1;;;;;;;/p-1. The van der Waals surface area contributed by atoms with Crippen LogP contribution in [-0.4, -0.2) is 105 Å². The normalized spacial score (nSPS) is 17.2. The molecule has 0 amide bonds. The number of likely N-dealkylation sites (tertiary alicyclic amines) is 2. The minimum absolute atomic E-state index is 0. The number of halogens is 5. The lowest BCUT2D eigenvalue weighted by Gasteiger charge is -2.43. The summed E-state index contributed by atoms with van der Waals surface area (Å²) in [6.07, 6.45) is 9.21. The predicted molar refractivity (Wildman–Crippen MR) is 410 cm³/mol. The van der Waals surface area contributed by atoms with Crippen molar-refractivity contribution in [3.63, 3.8) is 0 Å². The fourth-order valence-corrected chi connectivity index (χ4v) is 12.7. The van der Waals surface area contributed by atoms with Crippen molar-refractivity contribution in [3.8, 4) is 0 Å². The first-order valence-corrected chi connectivity index (χ1v) is 37.6. The smallest absolute Gasteiger partial charge is 0.208 e. The SMILES string of the molecule is CCI.CC[N+]1(CC(=O)Cc2c(C)cccc2C)CCCC(c2ccccc2)C1.Cc1cccc(C)c1CC(=O)CBr.Cc1cccc(C)c1CC(=O)CN1CCCC(c2ccccc2)C1.Cc1cccc(C)c1N.O=C(Br)CBr.[I-].c1ccc(C2CCCNC2)cc1. The maximum Gasteiger partial charge on any atom is 0.208 e. The summed E-state index contributed by atoms with van der Waals surface area (Å²) in [6, 6.07) is 57.1. The molecule has 93 heavy (non-hydrogen) atoms. The Morgan fingerprint density at radius 3 is 1.28 bits per heavy atom. The Morgan fingerprint density at radius 1 is 0.516 bits per heavy atom. The number of likely N-dealkylation sites (N-methyl/N-ethyl adjacent to an activating group) is 1. The molecule has 3 aliphatic heterocycles. The lowest BCUT2D eigenvalue weighted by Crippen LogP contribution is -3.00. The number of ketones is 3. The van der Waals surface area contributed by atoms with Gasteiger partial charge in [0.25, 0.3) is 0 Å². The summed E-state index contributed by atoms with van der Waals surface area (Å²) in [5, 5.41) is 4.27. The molecular formula is C80H105Br3I2N4O4. The summed E-state index contributed by atoms with van der Waals surface area (Å²) in [5.74, 6) is 2.85. The number of alkyl halides is 3. The number of nitrogens with one attached hydrogen (secondary N) is 1. The molecule has 7 aromatic carbocycles. The number of nitrogen functional groups attached to an aromatic ring is 1. The number of hydrogen-bond donors (Lipinski definition) is 2. The van der Waals surface area contributed by atoms with Crippen LogP contribution in [0.1, 0.15) is 148 Å². The van der Waals surface area contributed by atoms with Crippen LogP contribution in [0.5, 0.6) is 0 Å². The molecule has 0 spiro atoms. The van der Waals surface area contributed by atoms with Crippen LogP contribution in [0.4, 0.5) is 5.69 Å². The zero-order chi connectivity index (χ0) is 67.4. The zero-order valence-corrected chi connectivity index (χ0v) is 66.2. The third-order valence-corrected chi connectivity index (χ3v) is 20.0. The van der Waals surface area contributed by atoms with Crippen molar-refractivity contribution in [2.75, 3.05) is 79.7 Å². The molecule has 3 saturated heterocycles. The molecule has 504 valence electrons. The van der Waals surface area contributed by atoms with Gasteiger partial charge in [0.1, 0.15) is 12.3 Å². The zero-order valence-electron chi connectivity index (χ0n) is 57.2. The number of Topliss-reactive ketones (excluding diaryl/α,β-unsaturated/α-hetero) is 3. The maximum absolute atomic E-state index is 13.0. The number of quaternary nitrogens is 1. The van der Waals surface area contributed by atoms with E-state index in [-0.39, 0.29) is 34.5 Å². The minimum Gasteiger partial charge on any atom is -1.00 e. The molecule has 3 aliphatic rings. The van der Waals surface area contributed by atoms with Crippen LogP contribution in [-0.2, 0) is 38.4 Å². The van der Waals surface area contributed by atoms with Crippen molar-refractivity contribution in [2.24, 2.45) is 0 Å². The highest BCUT2D eigenvalue weighted by molar-refractivity contribution is 14.1. The molecule has 3 fully saturated rings. The topological polar surface area (TPSA) is 110 Å². The van der Waals surface area contributed by atoms with Crippen LogP contribution >= 0.6 is 70.4 Å². The Morgan fingerprint density at radius 2 is 0.892 bits per heavy atom. The van der Waals surface area contributed by atoms with Crippen molar-refractivity contribution in [3.05, 3.63) is 242 Å². The van der Waals surface area contributed by atoms with E-state index in [9.17, 15) is 19.2 Å². The van der Waals surface area contributed by atoms with E-state index in [0.717, 1.165) is 66.5 Å². The number of hydrogen-bond acceptors (Lipinski definition) is 7. The predicted octanol–water partition coefficient (Wildman–Crippen LogP) is 15.7. The molecule has 4 unspecified atom stereocenters. The van der Waals surface area contributed by atoms with E-state index in [1.807, 2.05) is 64.1 Å². The Balaban J connectivity index is 0.000000307. The first-order valence-electron chi connectivity index (χ1n) is 33.0. The fourth-order valence-electron chi connectivity index (χ4n) is 12.5. The summed E-state index contributed by atoms with van der Waals surface area (Å²) in [5.41, 5.74) is 24.2. The van der Waals surface area contributed by atoms with E-state index in [0.29, 0.717) is 66.4 Å². The van der Waals surface area contributed by atoms with Crippen LogP contribution < -0.4 is 35.0 Å². The Kier molecular flexibility index (Phi) is 41.1. The molecule has 0 radical (unpaired) electrons. The van der Waals surface area contributed by atoms with E-state index in [1.165, 1.54) is 116 Å². The molecule has 0 bridgehead atoms. The van der Waals surface area contributed by atoms with Gasteiger partial charge in [0.15, 0.2) is 11.6 Å². The quantitative estimate of drug-likeness (QED) is 0.0326. The number of rotatable bonds is 16. The average molecular weight is 1680 g/mol. The molecule has 8 nitrogen and oxygen atoms in total. The van der Waals surface area contributed by atoms with Gasteiger partial charge in [-0.15, -0.1) is 0 Å². The van der Waals surface area contributed by atoms with Gasteiger partial charge in [0, 0.05) is 44.0 Å². The van der Waals surface area contributed by atoms with Gasteiger partial charge >= 0.3 is 0 Å². The number of piperidine rings is 3. The lowest BCUT2D eigenvalue weighted by molar-refractivity contribution is -0.924. The van der Waals surface area contributed by atoms with Gasteiger partial charge in [-0.1, -0.05) is 225 Å². The van der Waals surface area contributed by atoms with Gasteiger partial charge < -0.3 is 39.5 Å². The third-order valence-electron chi connectivity index (χ3n) is 17.8.